The van der Waals surface area contributed by atoms with E-state index in [4.69, 9.17) is 0 Å². The van der Waals surface area contributed by atoms with Crippen molar-refractivity contribution in [1.82, 2.24) is 4.90 Å². The van der Waals surface area contributed by atoms with Crippen LogP contribution in [0, 0.1) is 0 Å². The van der Waals surface area contributed by atoms with Crippen LogP contribution in [-0.4, -0.2) is 42.6 Å². The molecule has 1 aliphatic rings. The third-order valence-electron chi connectivity index (χ3n) is 3.09. The molecule has 0 radical (unpaired) electrons. The number of amides is 2. The molecule has 0 N–H and O–H groups in total. The highest BCUT2D eigenvalue weighted by atomic mass is 16.2. The molecule has 1 saturated heterocycles. The number of hydrogen-bond acceptors (Lipinski definition) is 3. The first-order valence-electron chi connectivity index (χ1n) is 6.10. The molecule has 0 spiro atoms. The van der Waals surface area contributed by atoms with E-state index in [2.05, 4.69) is 0 Å². The van der Waals surface area contributed by atoms with Crippen molar-refractivity contribution in [1.29, 1.82) is 0 Å². The standard InChI is InChI=1S/C14H16N2O3/c1-10(17)7-11-3-5-12(6-4-11)16-9-13(18)15(2)8-14(16)19/h3-6H,7-9H2,1-2H3. The van der Waals surface area contributed by atoms with E-state index in [0.29, 0.717) is 12.1 Å². The Morgan fingerprint density at radius 2 is 1.74 bits per heavy atom. The van der Waals surface area contributed by atoms with E-state index in [1.807, 2.05) is 12.1 Å². The van der Waals surface area contributed by atoms with Crippen molar-refractivity contribution in [2.45, 2.75) is 13.3 Å². The summed E-state index contributed by atoms with van der Waals surface area (Å²) in [5.41, 5.74) is 1.60. The van der Waals surface area contributed by atoms with Gasteiger partial charge in [-0.15, -0.1) is 0 Å². The second-order valence-electron chi connectivity index (χ2n) is 4.77. The van der Waals surface area contributed by atoms with Gasteiger partial charge in [0.05, 0.1) is 6.54 Å². The number of anilines is 1. The number of likely N-dealkylation sites (N-methyl/N-ethyl adjacent to an activating group) is 1. The maximum absolute atomic E-state index is 11.9. The fourth-order valence-corrected chi connectivity index (χ4v) is 2.04. The smallest absolute Gasteiger partial charge is 0.247 e. The summed E-state index contributed by atoms with van der Waals surface area (Å²) in [4.78, 5) is 37.4. The van der Waals surface area contributed by atoms with Gasteiger partial charge in [0.15, 0.2) is 0 Å². The van der Waals surface area contributed by atoms with Gasteiger partial charge in [0, 0.05) is 19.2 Å². The first kappa shape index (κ1) is 13.3. The van der Waals surface area contributed by atoms with Crippen LogP contribution < -0.4 is 4.90 Å². The first-order valence-corrected chi connectivity index (χ1v) is 6.10. The maximum Gasteiger partial charge on any atom is 0.247 e. The molecule has 1 aromatic carbocycles. The Morgan fingerprint density at radius 1 is 1.11 bits per heavy atom. The molecular weight excluding hydrogens is 244 g/mol. The van der Waals surface area contributed by atoms with Gasteiger partial charge in [-0.05, 0) is 24.6 Å². The number of piperazine rings is 1. The highest BCUT2D eigenvalue weighted by molar-refractivity contribution is 6.04. The van der Waals surface area contributed by atoms with Crippen LogP contribution >= 0.6 is 0 Å². The van der Waals surface area contributed by atoms with E-state index < -0.39 is 0 Å². The number of carbonyl (C=O) groups is 3. The lowest BCUT2D eigenvalue weighted by atomic mass is 10.1. The van der Waals surface area contributed by atoms with Crippen LogP contribution in [0.5, 0.6) is 0 Å². The van der Waals surface area contributed by atoms with E-state index >= 15 is 0 Å². The lowest BCUT2D eigenvalue weighted by Crippen LogP contribution is -2.52. The minimum absolute atomic E-state index is 0.0708. The molecule has 19 heavy (non-hydrogen) atoms. The third kappa shape index (κ3) is 2.99. The summed E-state index contributed by atoms with van der Waals surface area (Å²) in [6, 6.07) is 7.17. The molecule has 0 atom stereocenters. The van der Waals surface area contributed by atoms with E-state index in [-0.39, 0.29) is 30.7 Å². The Bertz CT molecular complexity index is 522. The zero-order chi connectivity index (χ0) is 14.0. The van der Waals surface area contributed by atoms with Crippen molar-refractivity contribution < 1.29 is 14.4 Å². The minimum atomic E-state index is -0.0959. The highest BCUT2D eigenvalue weighted by Gasteiger charge is 2.28. The Kier molecular flexibility index (Phi) is 3.64. The van der Waals surface area contributed by atoms with Crippen molar-refractivity contribution in [3.8, 4) is 0 Å². The molecule has 0 saturated carbocycles. The van der Waals surface area contributed by atoms with E-state index in [9.17, 15) is 14.4 Å². The van der Waals surface area contributed by atoms with Crippen molar-refractivity contribution >= 4 is 23.3 Å². The Hall–Kier alpha value is -2.17. The van der Waals surface area contributed by atoms with Gasteiger partial charge in [-0.3, -0.25) is 14.4 Å². The van der Waals surface area contributed by atoms with E-state index in [1.165, 1.54) is 16.7 Å². The van der Waals surface area contributed by atoms with Crippen molar-refractivity contribution in [3.63, 3.8) is 0 Å². The van der Waals surface area contributed by atoms with Gasteiger partial charge in [0.1, 0.15) is 12.3 Å². The predicted octanol–water partition coefficient (Wildman–Crippen LogP) is 0.623. The summed E-state index contributed by atoms with van der Waals surface area (Å²) in [6.07, 6.45) is 0.385. The number of Topliss-reactive ketones (excluding diaryl/α,β-unsaturated/α-hetero) is 1. The summed E-state index contributed by atoms with van der Waals surface area (Å²) in [7, 11) is 1.62. The molecule has 100 valence electrons. The summed E-state index contributed by atoms with van der Waals surface area (Å²) < 4.78 is 0. The largest absolute Gasteiger partial charge is 0.335 e. The lowest BCUT2D eigenvalue weighted by molar-refractivity contribution is -0.136. The molecule has 1 aliphatic heterocycles. The number of ketones is 1. The van der Waals surface area contributed by atoms with Crippen LogP contribution in [0.3, 0.4) is 0 Å². The minimum Gasteiger partial charge on any atom is -0.335 e. The third-order valence-corrected chi connectivity index (χ3v) is 3.09. The normalized spacial score (nSPS) is 15.9. The average molecular weight is 260 g/mol. The number of hydrogen-bond donors (Lipinski definition) is 0. The number of benzene rings is 1. The molecule has 0 aromatic heterocycles. The van der Waals surface area contributed by atoms with E-state index in [0.717, 1.165) is 5.56 Å². The zero-order valence-electron chi connectivity index (χ0n) is 11.0. The van der Waals surface area contributed by atoms with Crippen LogP contribution in [0.1, 0.15) is 12.5 Å². The predicted molar refractivity (Wildman–Crippen MR) is 70.8 cm³/mol. The Morgan fingerprint density at radius 3 is 2.32 bits per heavy atom. The van der Waals surface area contributed by atoms with E-state index in [1.54, 1.807) is 19.2 Å². The molecule has 0 bridgehead atoms. The molecule has 2 rings (SSSR count). The van der Waals surface area contributed by atoms with Crippen molar-refractivity contribution in [2.75, 3.05) is 25.0 Å². The molecular formula is C14H16N2O3. The van der Waals surface area contributed by atoms with Crippen LogP contribution in [0.2, 0.25) is 0 Å². The van der Waals surface area contributed by atoms with Crippen LogP contribution in [0.4, 0.5) is 5.69 Å². The second kappa shape index (κ2) is 5.22. The SMILES string of the molecule is CC(=O)Cc1ccc(N2CC(=O)N(C)CC2=O)cc1. The van der Waals surface area contributed by atoms with Gasteiger partial charge in [-0.1, -0.05) is 12.1 Å². The van der Waals surface area contributed by atoms with Crippen molar-refractivity contribution in [2.24, 2.45) is 0 Å². The first-order chi connectivity index (χ1) is 8.97. The van der Waals surface area contributed by atoms with Gasteiger partial charge < -0.3 is 9.80 Å². The van der Waals surface area contributed by atoms with Gasteiger partial charge in [-0.2, -0.15) is 0 Å². The van der Waals surface area contributed by atoms with Crippen LogP contribution in [0.15, 0.2) is 24.3 Å². The van der Waals surface area contributed by atoms with Gasteiger partial charge in [0.25, 0.3) is 0 Å². The number of nitrogens with zero attached hydrogens (tertiary/aromatic N) is 2. The monoisotopic (exact) mass is 260 g/mol. The molecule has 1 heterocycles. The Labute approximate surface area is 111 Å². The fourth-order valence-electron chi connectivity index (χ4n) is 2.04. The lowest BCUT2D eigenvalue weighted by Gasteiger charge is -2.31. The molecule has 0 unspecified atom stereocenters. The topological polar surface area (TPSA) is 57.7 Å². The summed E-state index contributed by atoms with van der Waals surface area (Å²) in [6.45, 7) is 1.71. The van der Waals surface area contributed by atoms with Crippen LogP contribution in [0.25, 0.3) is 0 Å². The molecule has 1 aromatic rings. The highest BCUT2D eigenvalue weighted by Crippen LogP contribution is 2.18. The number of rotatable bonds is 3. The summed E-state index contributed by atoms with van der Waals surface area (Å²) >= 11 is 0. The molecule has 2 amide bonds. The van der Waals surface area contributed by atoms with Gasteiger partial charge >= 0.3 is 0 Å². The second-order valence-corrected chi connectivity index (χ2v) is 4.77. The maximum atomic E-state index is 11.9. The molecule has 5 heteroatoms. The average Bonchev–Trinajstić information content (AvgIpc) is 2.34. The Balaban J connectivity index is 2.15. The zero-order valence-corrected chi connectivity index (χ0v) is 11.0. The summed E-state index contributed by atoms with van der Waals surface area (Å²) in [5.74, 6) is -0.0765. The molecule has 5 nitrogen and oxygen atoms in total. The fraction of sp³-hybridized carbons (Fsp3) is 0.357. The number of carbonyl (C=O) groups excluding carboxylic acids is 3. The quantitative estimate of drug-likeness (QED) is 0.800. The molecule has 1 fully saturated rings. The summed E-state index contributed by atoms with van der Waals surface area (Å²) in [5, 5.41) is 0. The molecule has 0 aliphatic carbocycles. The van der Waals surface area contributed by atoms with Gasteiger partial charge in [0.2, 0.25) is 11.8 Å². The van der Waals surface area contributed by atoms with Crippen LogP contribution in [-0.2, 0) is 20.8 Å². The van der Waals surface area contributed by atoms with Crippen molar-refractivity contribution in [3.05, 3.63) is 29.8 Å². The van der Waals surface area contributed by atoms with Gasteiger partial charge in [-0.25, -0.2) is 0 Å².